The number of halogens is 3. The topological polar surface area (TPSA) is 66.4 Å². The zero-order valence-corrected chi connectivity index (χ0v) is 21.1. The van der Waals surface area contributed by atoms with Crippen molar-refractivity contribution in [1.29, 1.82) is 0 Å². The molecule has 1 aliphatic heterocycles. The van der Waals surface area contributed by atoms with Crippen molar-refractivity contribution in [3.8, 4) is 11.8 Å². The van der Waals surface area contributed by atoms with Crippen molar-refractivity contribution in [3.05, 3.63) is 42.1 Å². The molecular weight excluding hydrogens is 497 g/mol. The van der Waals surface area contributed by atoms with Crippen LogP contribution in [0.4, 0.5) is 23.9 Å². The van der Waals surface area contributed by atoms with Crippen LogP contribution in [0.3, 0.4) is 0 Å². The van der Waals surface area contributed by atoms with Crippen LogP contribution in [0.5, 0.6) is 0 Å². The van der Waals surface area contributed by atoms with E-state index in [1.54, 1.807) is 24.3 Å². The molecule has 0 saturated carbocycles. The van der Waals surface area contributed by atoms with Crippen LogP contribution in [-0.2, 0) is 16.4 Å². The van der Waals surface area contributed by atoms with Crippen LogP contribution in [0.1, 0.15) is 18.5 Å². The van der Waals surface area contributed by atoms with Crippen molar-refractivity contribution in [2.45, 2.75) is 35.8 Å². The Morgan fingerprint density at radius 3 is 2.57 bits per heavy atom. The molecule has 4 rings (SSSR count). The number of hydrogen-bond acceptors (Lipinski definition) is 6. The number of aromatic nitrogens is 1. The van der Waals surface area contributed by atoms with Gasteiger partial charge in [-0.25, -0.2) is 8.42 Å². The van der Waals surface area contributed by atoms with Crippen molar-refractivity contribution >= 4 is 42.8 Å². The number of nitrogens with one attached hydrogen (secondary N) is 2. The highest BCUT2D eigenvalue weighted by Gasteiger charge is 2.30. The first-order chi connectivity index (χ1) is 16.5. The molecule has 35 heavy (non-hydrogen) atoms. The van der Waals surface area contributed by atoms with Crippen molar-refractivity contribution in [2.75, 3.05) is 43.6 Å². The second kappa shape index (κ2) is 10.1. The number of hydrogen-bond donors (Lipinski definition) is 2. The first-order valence-corrected chi connectivity index (χ1v) is 13.9. The lowest BCUT2D eigenvalue weighted by atomic mass is 10.0. The summed E-state index contributed by atoms with van der Waals surface area (Å²) in [4.78, 5) is 2.26. The van der Waals surface area contributed by atoms with Gasteiger partial charge in [-0.1, -0.05) is 12.0 Å². The van der Waals surface area contributed by atoms with Crippen LogP contribution in [0.2, 0.25) is 0 Å². The van der Waals surface area contributed by atoms with Crippen LogP contribution < -0.4 is 10.6 Å². The quantitative estimate of drug-likeness (QED) is 0.460. The second-order valence-corrected chi connectivity index (χ2v) is 12.1. The fraction of sp³-hybridized carbons (Fsp3) is 0.417. The predicted molar refractivity (Wildman–Crippen MR) is 135 cm³/mol. The van der Waals surface area contributed by atoms with E-state index in [0.29, 0.717) is 15.9 Å². The van der Waals surface area contributed by atoms with Crippen molar-refractivity contribution in [3.63, 3.8) is 0 Å². The van der Waals surface area contributed by atoms with Gasteiger partial charge in [0, 0.05) is 23.4 Å². The maximum absolute atomic E-state index is 13.4. The molecular formula is C24H27F3N4O2S2. The number of fused-ring (bicyclic) bond motifs is 1. The fourth-order valence-corrected chi connectivity index (χ4v) is 5.94. The smallest absolute Gasteiger partial charge is 0.382 e. The number of rotatable bonds is 6. The average Bonchev–Trinajstić information content (AvgIpc) is 3.38. The van der Waals surface area contributed by atoms with Crippen molar-refractivity contribution in [2.24, 2.45) is 0 Å². The third-order valence-electron chi connectivity index (χ3n) is 5.88. The molecule has 0 amide bonds. The van der Waals surface area contributed by atoms with Gasteiger partial charge in [0.2, 0.25) is 0 Å². The van der Waals surface area contributed by atoms with E-state index in [2.05, 4.69) is 34.4 Å². The van der Waals surface area contributed by atoms with E-state index >= 15 is 0 Å². The largest absolute Gasteiger partial charge is 0.406 e. The van der Waals surface area contributed by atoms with Gasteiger partial charge in [0.15, 0.2) is 9.84 Å². The molecule has 1 aliphatic rings. The summed E-state index contributed by atoms with van der Waals surface area (Å²) in [6.45, 7) is 0.983. The number of benzene rings is 1. The molecule has 0 bridgehead atoms. The highest BCUT2D eigenvalue weighted by molar-refractivity contribution is 7.92. The summed E-state index contributed by atoms with van der Waals surface area (Å²) in [5.74, 6) is 5.74. The normalized spacial score (nSPS) is 15.7. The first-order valence-electron chi connectivity index (χ1n) is 11.2. The van der Waals surface area contributed by atoms with E-state index in [1.807, 2.05) is 6.07 Å². The third kappa shape index (κ3) is 6.51. The van der Waals surface area contributed by atoms with Crippen molar-refractivity contribution < 1.29 is 21.6 Å². The molecule has 1 fully saturated rings. The summed E-state index contributed by atoms with van der Waals surface area (Å²) < 4.78 is 64.9. The summed E-state index contributed by atoms with van der Waals surface area (Å²) >= 11 is 1.09. The van der Waals surface area contributed by atoms with E-state index in [1.165, 1.54) is 10.6 Å². The zero-order chi connectivity index (χ0) is 25.2. The summed E-state index contributed by atoms with van der Waals surface area (Å²) in [7, 11) is -1.21. The monoisotopic (exact) mass is 524 g/mol. The highest BCUT2D eigenvalue weighted by Crippen LogP contribution is 2.31. The van der Waals surface area contributed by atoms with Gasteiger partial charge in [-0.15, -0.1) is 11.3 Å². The SMILES string of the molecule is CN1CCC(Nc2cccc3c2cc(C#CCNc2ccc(S(C)(=O)=O)s2)n3CC(F)(F)F)CC1. The molecule has 1 saturated heterocycles. The summed E-state index contributed by atoms with van der Waals surface area (Å²) in [6, 6.07) is 10.5. The second-order valence-electron chi connectivity index (χ2n) is 8.74. The minimum absolute atomic E-state index is 0.165. The number of nitrogens with zero attached hydrogens (tertiary/aromatic N) is 2. The molecule has 2 aromatic heterocycles. The predicted octanol–water partition coefficient (Wildman–Crippen LogP) is 4.64. The first kappa shape index (κ1) is 25.4. The van der Waals surface area contributed by atoms with Crippen LogP contribution >= 0.6 is 11.3 Å². The lowest BCUT2D eigenvalue weighted by Gasteiger charge is -2.30. The lowest BCUT2D eigenvalue weighted by molar-refractivity contribution is -0.140. The average molecular weight is 525 g/mol. The Kier molecular flexibility index (Phi) is 7.35. The fourth-order valence-electron chi connectivity index (χ4n) is 4.12. The van der Waals surface area contributed by atoms with Gasteiger partial charge in [0.1, 0.15) is 10.8 Å². The number of likely N-dealkylation sites (tertiary alicyclic amines) is 1. The standard InChI is InChI=1S/C24H27F3N4O2S2/c1-30-13-10-17(11-14-30)29-20-6-3-7-21-19(20)15-18(31(21)16-24(25,26)27)5-4-12-28-22-8-9-23(34-22)35(2,32)33/h3,6-9,15,17,28-29H,10-14,16H2,1-2H3. The van der Waals surface area contributed by atoms with E-state index in [0.717, 1.165) is 49.2 Å². The summed E-state index contributed by atoms with van der Waals surface area (Å²) in [5.41, 5.74) is 1.57. The van der Waals surface area contributed by atoms with Crippen LogP contribution in [-0.4, -0.2) is 63.0 Å². The Balaban J connectivity index is 1.58. The molecule has 0 aliphatic carbocycles. The minimum atomic E-state index is -4.39. The maximum atomic E-state index is 13.4. The molecule has 0 radical (unpaired) electrons. The molecule has 0 spiro atoms. The molecule has 0 atom stereocenters. The number of anilines is 2. The Morgan fingerprint density at radius 2 is 1.91 bits per heavy atom. The highest BCUT2D eigenvalue weighted by atomic mass is 32.2. The van der Waals surface area contributed by atoms with Gasteiger partial charge in [-0.3, -0.25) is 0 Å². The molecule has 3 heterocycles. The van der Waals surface area contributed by atoms with Gasteiger partial charge in [0.05, 0.1) is 22.8 Å². The lowest BCUT2D eigenvalue weighted by Crippen LogP contribution is -2.36. The molecule has 0 unspecified atom stereocenters. The van der Waals surface area contributed by atoms with Gasteiger partial charge >= 0.3 is 6.18 Å². The van der Waals surface area contributed by atoms with E-state index in [9.17, 15) is 21.6 Å². The van der Waals surface area contributed by atoms with Gasteiger partial charge in [0.25, 0.3) is 0 Å². The molecule has 2 N–H and O–H groups in total. The molecule has 11 heteroatoms. The Morgan fingerprint density at radius 1 is 1.17 bits per heavy atom. The van der Waals surface area contributed by atoms with Crippen LogP contribution in [0, 0.1) is 11.8 Å². The van der Waals surface area contributed by atoms with Gasteiger partial charge in [-0.2, -0.15) is 13.2 Å². The van der Waals surface area contributed by atoms with Crippen LogP contribution in [0.25, 0.3) is 10.9 Å². The Bertz CT molecular complexity index is 1360. The van der Waals surface area contributed by atoms with Gasteiger partial charge < -0.3 is 20.1 Å². The maximum Gasteiger partial charge on any atom is 0.406 e. The molecule has 6 nitrogen and oxygen atoms in total. The number of piperidine rings is 1. The number of sulfone groups is 1. The molecule has 188 valence electrons. The number of alkyl halides is 3. The minimum Gasteiger partial charge on any atom is -0.382 e. The van der Waals surface area contributed by atoms with Crippen LogP contribution in [0.15, 0.2) is 40.6 Å². The Labute approximate surface area is 207 Å². The Hall–Kier alpha value is -2.68. The third-order valence-corrected chi connectivity index (χ3v) is 8.74. The summed E-state index contributed by atoms with van der Waals surface area (Å²) in [5, 5.41) is 7.87. The van der Waals surface area contributed by atoms with E-state index < -0.39 is 22.6 Å². The molecule has 1 aromatic carbocycles. The summed E-state index contributed by atoms with van der Waals surface area (Å²) in [6.07, 6.45) is -1.31. The van der Waals surface area contributed by atoms with E-state index in [-0.39, 0.29) is 22.5 Å². The molecule has 3 aromatic rings. The number of thiophene rings is 1. The van der Waals surface area contributed by atoms with Crippen molar-refractivity contribution in [1.82, 2.24) is 9.47 Å². The van der Waals surface area contributed by atoms with E-state index in [4.69, 9.17) is 0 Å². The zero-order valence-electron chi connectivity index (χ0n) is 19.4. The van der Waals surface area contributed by atoms with Gasteiger partial charge in [-0.05, 0) is 69.2 Å².